The van der Waals surface area contributed by atoms with E-state index in [1.807, 2.05) is 6.08 Å². The van der Waals surface area contributed by atoms with E-state index < -0.39 is 0 Å². The molecule has 9 rings (SSSR count). The van der Waals surface area contributed by atoms with Gasteiger partial charge in [-0.25, -0.2) is 0 Å². The third-order valence-electron chi connectivity index (χ3n) is 11.4. The smallest absolute Gasteiger partial charge is 0.0177 e. The molecule has 1 N–H and O–H groups in total. The lowest BCUT2D eigenvalue weighted by molar-refractivity contribution is 0.724. The third-order valence-corrected chi connectivity index (χ3v) is 11.4. The topological polar surface area (TPSA) is 23.9 Å². The first kappa shape index (κ1) is 34.2. The van der Waals surface area contributed by atoms with Gasteiger partial charge < -0.3 is 5.41 Å². The van der Waals surface area contributed by atoms with Crippen LogP contribution in [0.3, 0.4) is 0 Å². The van der Waals surface area contributed by atoms with Crippen LogP contribution in [0, 0.1) is 11.3 Å². The van der Waals surface area contributed by atoms with Crippen LogP contribution in [-0.2, 0) is 6.42 Å². The molecule has 0 aromatic heterocycles. The first-order valence-electron chi connectivity index (χ1n) is 19.4. The van der Waals surface area contributed by atoms with Crippen molar-refractivity contribution < 1.29 is 0 Å². The molecule has 0 fully saturated rings. The second kappa shape index (κ2) is 14.7. The van der Waals surface area contributed by atoms with Crippen molar-refractivity contribution in [2.45, 2.75) is 26.7 Å². The number of benzene rings is 8. The molecule has 8 aromatic carbocycles. The molecule has 1 aliphatic carbocycles. The number of rotatable bonds is 8. The average molecular weight is 706 g/mol. The average Bonchev–Trinajstić information content (AvgIpc) is 3.23. The van der Waals surface area contributed by atoms with Crippen molar-refractivity contribution in [1.82, 2.24) is 0 Å². The second-order valence-corrected chi connectivity index (χ2v) is 14.9. The van der Waals surface area contributed by atoms with E-state index in [1.165, 1.54) is 93.9 Å². The maximum absolute atomic E-state index is 7.47. The highest BCUT2D eigenvalue weighted by Crippen LogP contribution is 2.44. The van der Waals surface area contributed by atoms with Gasteiger partial charge in [-0.3, -0.25) is 0 Å². The fourth-order valence-corrected chi connectivity index (χ4v) is 8.79. The maximum atomic E-state index is 7.47. The zero-order valence-electron chi connectivity index (χ0n) is 31.4. The van der Waals surface area contributed by atoms with E-state index in [4.69, 9.17) is 5.41 Å². The van der Waals surface area contributed by atoms with Crippen molar-refractivity contribution in [3.63, 3.8) is 0 Å². The van der Waals surface area contributed by atoms with Crippen LogP contribution in [0.2, 0.25) is 0 Å². The van der Waals surface area contributed by atoms with Gasteiger partial charge in [0.25, 0.3) is 0 Å². The Hall–Kier alpha value is -6.57. The summed E-state index contributed by atoms with van der Waals surface area (Å²) in [5.74, 6) is 0.377. The zero-order valence-corrected chi connectivity index (χ0v) is 31.4. The number of allylic oxidation sites excluding steroid dienone is 7. The molecule has 1 aliphatic rings. The summed E-state index contributed by atoms with van der Waals surface area (Å²) < 4.78 is 0. The summed E-state index contributed by atoms with van der Waals surface area (Å²) in [5, 5.41) is 17.9. The van der Waals surface area contributed by atoms with Crippen molar-refractivity contribution in [2.24, 2.45) is 5.92 Å². The monoisotopic (exact) mass is 705 g/mol. The Morgan fingerprint density at radius 1 is 0.618 bits per heavy atom. The number of hydrogen-bond donors (Lipinski definition) is 1. The second-order valence-electron chi connectivity index (χ2n) is 14.9. The standard InChI is InChI=1S/C54H43N/c1-36-30-37(2)53(54-34-43-17-4-6-22-46(43)50-25-9-10-26-51(50)54)35-52(36)48(42-20-12-19-40(32-42)39-18-11-14-38(31-39)15-13-29-55)28-27-44-33-41-16-3-5-21-45(41)49-24-8-7-23-47(44)49/h3-26,28-29,31-35,37,55H,27,30H2,1-2H3/b15-13-,48-28-,55-29?. The lowest BCUT2D eigenvalue weighted by atomic mass is 9.77. The molecule has 1 heteroatoms. The summed E-state index contributed by atoms with van der Waals surface area (Å²) in [7, 11) is 0. The summed E-state index contributed by atoms with van der Waals surface area (Å²) in [4.78, 5) is 0. The van der Waals surface area contributed by atoms with Gasteiger partial charge in [-0.1, -0.05) is 170 Å². The van der Waals surface area contributed by atoms with Gasteiger partial charge in [0, 0.05) is 6.21 Å². The number of nitrogens with one attached hydrogen (secondary N) is 1. The predicted octanol–water partition coefficient (Wildman–Crippen LogP) is 14.7. The lowest BCUT2D eigenvalue weighted by Gasteiger charge is -2.27. The van der Waals surface area contributed by atoms with Gasteiger partial charge in [0.15, 0.2) is 0 Å². The molecule has 0 saturated carbocycles. The van der Waals surface area contributed by atoms with Crippen LogP contribution in [-0.4, -0.2) is 6.21 Å². The van der Waals surface area contributed by atoms with Crippen molar-refractivity contribution in [3.8, 4) is 11.1 Å². The SMILES string of the molecule is CC1=C(/C(=C\Cc2cc3ccccc3c3ccccc23)c2cccc(-c3cccc(/C=C\C=N)c3)c2)C=C(c2cc3ccccc3c3ccccc23)C(C)C1. The Bertz CT molecular complexity index is 2910. The first-order valence-corrected chi connectivity index (χ1v) is 19.4. The normalized spacial score (nSPS) is 15.1. The van der Waals surface area contributed by atoms with Gasteiger partial charge in [-0.05, 0) is 143 Å². The van der Waals surface area contributed by atoms with Crippen molar-refractivity contribution >= 4 is 66.5 Å². The van der Waals surface area contributed by atoms with Gasteiger partial charge in [-0.15, -0.1) is 0 Å². The van der Waals surface area contributed by atoms with Crippen LogP contribution in [0.4, 0.5) is 0 Å². The summed E-state index contributed by atoms with van der Waals surface area (Å²) in [5.41, 5.74) is 12.7. The van der Waals surface area contributed by atoms with E-state index in [0.717, 1.165) is 24.0 Å². The highest BCUT2D eigenvalue weighted by Gasteiger charge is 2.24. The first-order chi connectivity index (χ1) is 27.1. The summed E-state index contributed by atoms with van der Waals surface area (Å²) in [6.07, 6.45) is 11.9. The van der Waals surface area contributed by atoms with Gasteiger partial charge in [0.05, 0.1) is 0 Å². The Kier molecular flexibility index (Phi) is 9.14. The van der Waals surface area contributed by atoms with E-state index in [1.54, 1.807) is 6.08 Å². The van der Waals surface area contributed by atoms with E-state index >= 15 is 0 Å². The molecule has 0 radical (unpaired) electrons. The molecule has 0 amide bonds. The molecule has 8 aromatic rings. The Morgan fingerprint density at radius 3 is 1.95 bits per heavy atom. The number of fused-ring (bicyclic) bond motifs is 6. The summed E-state index contributed by atoms with van der Waals surface area (Å²) >= 11 is 0. The van der Waals surface area contributed by atoms with Crippen molar-refractivity contribution in [3.05, 3.63) is 209 Å². The fraction of sp³-hybridized carbons (Fsp3) is 0.0926. The third kappa shape index (κ3) is 6.53. The maximum Gasteiger partial charge on any atom is 0.0177 e. The van der Waals surface area contributed by atoms with E-state index in [2.05, 4.69) is 184 Å². The van der Waals surface area contributed by atoms with Crippen LogP contribution in [0.5, 0.6) is 0 Å². The van der Waals surface area contributed by atoms with Crippen LogP contribution < -0.4 is 0 Å². The lowest BCUT2D eigenvalue weighted by Crippen LogP contribution is -2.09. The molecule has 55 heavy (non-hydrogen) atoms. The van der Waals surface area contributed by atoms with Crippen LogP contribution in [0.25, 0.3) is 71.4 Å². The number of hydrogen-bond acceptors (Lipinski definition) is 1. The molecule has 0 aliphatic heterocycles. The predicted molar refractivity (Wildman–Crippen MR) is 239 cm³/mol. The van der Waals surface area contributed by atoms with E-state index in [-0.39, 0.29) is 0 Å². The van der Waals surface area contributed by atoms with Gasteiger partial charge in [-0.2, -0.15) is 0 Å². The zero-order chi connectivity index (χ0) is 37.3. The molecular formula is C54H43N. The fourth-order valence-electron chi connectivity index (χ4n) is 8.79. The van der Waals surface area contributed by atoms with Crippen LogP contribution >= 0.6 is 0 Å². The molecule has 0 bridgehead atoms. The molecule has 1 unspecified atom stereocenters. The Morgan fingerprint density at radius 2 is 1.22 bits per heavy atom. The highest BCUT2D eigenvalue weighted by atomic mass is 14.3. The largest absolute Gasteiger partial charge is 0.309 e. The molecule has 0 saturated heterocycles. The highest BCUT2D eigenvalue weighted by molar-refractivity contribution is 6.13. The molecule has 0 spiro atoms. The van der Waals surface area contributed by atoms with Crippen LogP contribution in [0.1, 0.15) is 42.5 Å². The summed E-state index contributed by atoms with van der Waals surface area (Å²) in [6, 6.07) is 57.8. The molecule has 0 heterocycles. The Balaban J connectivity index is 1.23. The Labute approximate surface area is 323 Å². The van der Waals surface area contributed by atoms with E-state index in [0.29, 0.717) is 5.92 Å². The molecule has 1 atom stereocenters. The van der Waals surface area contributed by atoms with Gasteiger partial charge >= 0.3 is 0 Å². The molecule has 264 valence electrons. The molecular weight excluding hydrogens is 663 g/mol. The molecule has 1 nitrogen and oxygen atoms in total. The van der Waals surface area contributed by atoms with E-state index in [9.17, 15) is 0 Å². The van der Waals surface area contributed by atoms with Gasteiger partial charge in [0.2, 0.25) is 0 Å². The minimum Gasteiger partial charge on any atom is -0.309 e. The van der Waals surface area contributed by atoms with Crippen LogP contribution in [0.15, 0.2) is 187 Å². The van der Waals surface area contributed by atoms with Gasteiger partial charge in [0.1, 0.15) is 0 Å². The summed E-state index contributed by atoms with van der Waals surface area (Å²) in [6.45, 7) is 4.72. The minimum absolute atomic E-state index is 0.377. The van der Waals surface area contributed by atoms with Crippen molar-refractivity contribution in [1.29, 1.82) is 5.41 Å². The van der Waals surface area contributed by atoms with Crippen molar-refractivity contribution in [2.75, 3.05) is 0 Å². The quantitative estimate of drug-likeness (QED) is 0.120. The minimum atomic E-state index is 0.377.